The van der Waals surface area contributed by atoms with Gasteiger partial charge in [0.15, 0.2) is 52.1 Å². The molecule has 0 radical (unpaired) electrons. The molecule has 0 amide bonds. The number of hydrogen-bond acceptors (Lipinski definition) is 17. The number of hydrogen-bond donors (Lipinski definition) is 9. The van der Waals surface area contributed by atoms with Crippen molar-refractivity contribution in [3.8, 4) is 46.0 Å². The van der Waals surface area contributed by atoms with E-state index in [4.69, 9.17) is 18.9 Å². The summed E-state index contributed by atoms with van der Waals surface area (Å²) in [5.74, 6) is -10.5. The molecule has 1 saturated carbocycles. The highest BCUT2D eigenvalue weighted by atomic mass is 16.6. The summed E-state index contributed by atoms with van der Waals surface area (Å²) in [5, 5.41) is 88.5. The molecular formula is C43H36O18. The Labute approximate surface area is 344 Å². The van der Waals surface area contributed by atoms with E-state index >= 15 is 0 Å². The van der Waals surface area contributed by atoms with Crippen molar-refractivity contribution in [1.82, 2.24) is 0 Å². The molecule has 0 aliphatic heterocycles. The van der Waals surface area contributed by atoms with Gasteiger partial charge in [0.2, 0.25) is 5.60 Å². The van der Waals surface area contributed by atoms with Crippen molar-refractivity contribution in [3.05, 3.63) is 119 Å². The van der Waals surface area contributed by atoms with E-state index in [0.29, 0.717) is 0 Å². The minimum absolute atomic E-state index is 0.184. The number of benzene rings is 4. The molecule has 4 aromatic carbocycles. The highest BCUT2D eigenvalue weighted by Crippen LogP contribution is 2.39. The van der Waals surface area contributed by atoms with Gasteiger partial charge in [-0.05, 0) is 95.1 Å². The zero-order valence-corrected chi connectivity index (χ0v) is 31.4. The van der Waals surface area contributed by atoms with Crippen molar-refractivity contribution >= 4 is 54.2 Å². The fraction of sp³-hybridized carbons (Fsp3) is 0.140. The summed E-state index contributed by atoms with van der Waals surface area (Å²) in [5.41, 5.74) is -1.86. The maximum atomic E-state index is 13.3. The molecule has 2 atom stereocenters. The van der Waals surface area contributed by atoms with Crippen LogP contribution in [0.1, 0.15) is 35.1 Å². The molecule has 4 aromatic rings. The van der Waals surface area contributed by atoms with E-state index in [-0.39, 0.29) is 22.3 Å². The Kier molecular flexibility index (Phi) is 13.5. The lowest BCUT2D eigenvalue weighted by molar-refractivity contribution is -0.217. The Morgan fingerprint density at radius 3 is 1.03 bits per heavy atom. The fourth-order valence-electron chi connectivity index (χ4n) is 5.89. The SMILES string of the molecule is O=C(/C=C/c1ccc(O)c(O)c1)OC1CC(OC(=O)/C=C/c2ccc(O)c(O)c2)(C(=O)O)CC(OC(=O)/C=C/c2ccc(O)c(O)c2)C1OC(=O)/C=C/c1ccc(O)c(O)c1. The van der Waals surface area contributed by atoms with Crippen LogP contribution in [-0.4, -0.2) is 99.7 Å². The number of aliphatic carboxylic acids is 1. The molecule has 0 aromatic heterocycles. The molecule has 18 heteroatoms. The number of carboxylic acid groups (broad SMARTS) is 1. The number of phenolic OH excluding ortho intramolecular Hbond substituents is 8. The zero-order valence-electron chi connectivity index (χ0n) is 31.4. The van der Waals surface area contributed by atoms with Crippen molar-refractivity contribution in [1.29, 1.82) is 0 Å². The van der Waals surface area contributed by atoms with Gasteiger partial charge in [-0.3, -0.25) is 0 Å². The summed E-state index contributed by atoms with van der Waals surface area (Å²) in [6.07, 6.45) is 0.634. The molecule has 0 saturated heterocycles. The number of carbonyl (C=O) groups excluding carboxylic acids is 4. The predicted octanol–water partition coefficient (Wildman–Crippen LogP) is 4.38. The molecule has 0 heterocycles. The maximum Gasteiger partial charge on any atom is 0.348 e. The second kappa shape index (κ2) is 18.9. The number of aromatic hydroxyl groups is 8. The molecule has 1 fully saturated rings. The van der Waals surface area contributed by atoms with Gasteiger partial charge < -0.3 is 64.9 Å². The van der Waals surface area contributed by atoms with Gasteiger partial charge in [0.1, 0.15) is 12.2 Å². The van der Waals surface area contributed by atoms with Crippen LogP contribution in [0.2, 0.25) is 0 Å². The van der Waals surface area contributed by atoms with Crippen LogP contribution >= 0.6 is 0 Å². The van der Waals surface area contributed by atoms with Gasteiger partial charge in [-0.15, -0.1) is 0 Å². The first-order valence-corrected chi connectivity index (χ1v) is 17.8. The monoisotopic (exact) mass is 840 g/mol. The van der Waals surface area contributed by atoms with Gasteiger partial charge in [-0.25, -0.2) is 24.0 Å². The fourth-order valence-corrected chi connectivity index (χ4v) is 5.89. The molecule has 316 valence electrons. The third-order valence-electron chi connectivity index (χ3n) is 8.91. The summed E-state index contributed by atoms with van der Waals surface area (Å²) in [6, 6.07) is 14.3. The average Bonchev–Trinajstić information content (AvgIpc) is 3.20. The van der Waals surface area contributed by atoms with Crippen LogP contribution in [0.4, 0.5) is 0 Å². The molecule has 1 aliphatic carbocycles. The van der Waals surface area contributed by atoms with Crippen LogP contribution in [0.25, 0.3) is 24.3 Å². The first kappa shape index (κ1) is 43.7. The first-order chi connectivity index (χ1) is 28.9. The van der Waals surface area contributed by atoms with Crippen LogP contribution in [0, 0.1) is 0 Å². The Morgan fingerprint density at radius 1 is 0.443 bits per heavy atom. The number of phenols is 8. The average molecular weight is 841 g/mol. The lowest BCUT2D eigenvalue weighted by Gasteiger charge is -2.43. The second-order valence-corrected chi connectivity index (χ2v) is 13.3. The lowest BCUT2D eigenvalue weighted by atomic mass is 9.79. The second-order valence-electron chi connectivity index (χ2n) is 13.3. The number of esters is 4. The third-order valence-corrected chi connectivity index (χ3v) is 8.91. The van der Waals surface area contributed by atoms with E-state index in [9.17, 15) is 69.9 Å². The van der Waals surface area contributed by atoms with Gasteiger partial charge in [-0.2, -0.15) is 0 Å². The summed E-state index contributed by atoms with van der Waals surface area (Å²) < 4.78 is 22.3. The number of carbonyl (C=O) groups is 5. The Bertz CT molecular complexity index is 2380. The minimum Gasteiger partial charge on any atom is -0.504 e. The lowest BCUT2D eigenvalue weighted by Crippen LogP contribution is -2.60. The number of carboxylic acids is 1. The van der Waals surface area contributed by atoms with E-state index < -0.39 is 113 Å². The van der Waals surface area contributed by atoms with Gasteiger partial charge >= 0.3 is 29.8 Å². The van der Waals surface area contributed by atoms with Crippen molar-refractivity contribution in [2.75, 3.05) is 0 Å². The highest BCUT2D eigenvalue weighted by molar-refractivity contribution is 5.92. The molecule has 5 rings (SSSR count). The molecule has 2 unspecified atom stereocenters. The molecule has 1 aliphatic rings. The summed E-state index contributed by atoms with van der Waals surface area (Å²) in [4.78, 5) is 66.3. The van der Waals surface area contributed by atoms with Crippen molar-refractivity contribution < 1.29 is 88.9 Å². The van der Waals surface area contributed by atoms with Gasteiger partial charge in [0, 0.05) is 37.1 Å². The van der Waals surface area contributed by atoms with Crippen LogP contribution in [0.5, 0.6) is 46.0 Å². The molecular weight excluding hydrogens is 804 g/mol. The molecule has 0 spiro atoms. The summed E-state index contributed by atoms with van der Waals surface area (Å²) >= 11 is 0. The predicted molar refractivity (Wildman–Crippen MR) is 211 cm³/mol. The molecule has 61 heavy (non-hydrogen) atoms. The van der Waals surface area contributed by atoms with Gasteiger partial charge in [0.05, 0.1) is 0 Å². The van der Waals surface area contributed by atoms with Crippen molar-refractivity contribution in [2.45, 2.75) is 36.8 Å². The van der Waals surface area contributed by atoms with Gasteiger partial charge in [0.25, 0.3) is 0 Å². The quantitative estimate of drug-likeness (QED) is 0.0390. The van der Waals surface area contributed by atoms with E-state index in [2.05, 4.69) is 0 Å². The third kappa shape index (κ3) is 11.6. The zero-order chi connectivity index (χ0) is 44.4. The van der Waals surface area contributed by atoms with E-state index in [1.165, 1.54) is 30.3 Å². The van der Waals surface area contributed by atoms with Crippen molar-refractivity contribution in [3.63, 3.8) is 0 Å². The smallest absolute Gasteiger partial charge is 0.348 e. The topological polar surface area (TPSA) is 304 Å². The van der Waals surface area contributed by atoms with E-state index in [0.717, 1.165) is 91.1 Å². The van der Waals surface area contributed by atoms with Crippen LogP contribution in [-0.2, 0) is 42.9 Å². The minimum atomic E-state index is -2.66. The Morgan fingerprint density at radius 2 is 0.738 bits per heavy atom. The van der Waals surface area contributed by atoms with Crippen LogP contribution in [0.3, 0.4) is 0 Å². The molecule has 9 N–H and O–H groups in total. The maximum absolute atomic E-state index is 13.3. The van der Waals surface area contributed by atoms with Crippen LogP contribution in [0.15, 0.2) is 97.1 Å². The summed E-state index contributed by atoms with van der Waals surface area (Å²) in [6.45, 7) is 0. The Hall–Kier alpha value is -8.41. The van der Waals surface area contributed by atoms with E-state index in [1.54, 1.807) is 0 Å². The number of ether oxygens (including phenoxy) is 4. The normalized spacial score (nSPS) is 18.9. The molecule has 18 nitrogen and oxygen atoms in total. The van der Waals surface area contributed by atoms with E-state index in [1.807, 2.05) is 0 Å². The highest BCUT2D eigenvalue weighted by Gasteiger charge is 2.57. The Balaban J connectivity index is 1.52. The standard InChI is InChI=1S/C43H36O18/c44-27-9-1-23(17-31(27)48)5-13-37(52)58-35-21-43(42(56)57,61-40(55)16-8-26-4-12-30(47)34(51)20-26)22-36(59-38(53)14-6-24-2-10-28(45)32(49)18-24)41(35)60-39(54)15-7-25-3-11-29(46)33(50)19-25/h1-20,35-36,41,44-51H,21-22H2,(H,56,57)/b13-5+,14-6+,15-7+,16-8+. The summed E-state index contributed by atoms with van der Waals surface area (Å²) in [7, 11) is 0. The van der Waals surface area contributed by atoms with Gasteiger partial charge in [-0.1, -0.05) is 24.3 Å². The first-order valence-electron chi connectivity index (χ1n) is 17.8. The largest absolute Gasteiger partial charge is 0.504 e. The van der Waals surface area contributed by atoms with Crippen molar-refractivity contribution in [2.24, 2.45) is 0 Å². The number of rotatable bonds is 13. The van der Waals surface area contributed by atoms with Crippen LogP contribution < -0.4 is 0 Å². The molecule has 0 bridgehead atoms.